The van der Waals surface area contributed by atoms with E-state index in [-0.39, 0.29) is 12.2 Å². The fraction of sp³-hybridized carbons (Fsp3) is 0.643. The number of aromatic nitrogens is 1. The SMILES string of the molecule is CC(C)Oc1nc(N(C)CC2CC(O)C2)ccc1N. The van der Waals surface area contributed by atoms with Gasteiger partial charge in [0.2, 0.25) is 5.88 Å². The van der Waals surface area contributed by atoms with Crippen molar-refractivity contribution in [3.8, 4) is 5.88 Å². The van der Waals surface area contributed by atoms with Gasteiger partial charge in [0.05, 0.1) is 17.9 Å². The number of nitrogen functional groups attached to an aromatic ring is 1. The highest BCUT2D eigenvalue weighted by Crippen LogP contribution is 2.30. The minimum atomic E-state index is -0.113. The van der Waals surface area contributed by atoms with Crippen LogP contribution in [0.1, 0.15) is 26.7 Å². The normalized spacial score (nSPS) is 22.2. The Bertz CT molecular complexity index is 431. The van der Waals surface area contributed by atoms with Crippen molar-refractivity contribution < 1.29 is 9.84 Å². The van der Waals surface area contributed by atoms with E-state index in [9.17, 15) is 5.11 Å². The van der Waals surface area contributed by atoms with Crippen molar-refractivity contribution in [3.63, 3.8) is 0 Å². The topological polar surface area (TPSA) is 71.6 Å². The Labute approximate surface area is 114 Å². The predicted molar refractivity (Wildman–Crippen MR) is 76.4 cm³/mol. The molecule has 0 spiro atoms. The molecular weight excluding hydrogens is 242 g/mol. The molecule has 1 saturated carbocycles. The van der Waals surface area contributed by atoms with Crippen LogP contribution in [0.15, 0.2) is 12.1 Å². The summed E-state index contributed by atoms with van der Waals surface area (Å²) in [6.07, 6.45) is 1.71. The Kier molecular flexibility index (Phi) is 4.14. The van der Waals surface area contributed by atoms with Crippen LogP contribution < -0.4 is 15.4 Å². The first-order valence-electron chi connectivity index (χ1n) is 6.78. The average Bonchev–Trinajstić information content (AvgIpc) is 2.29. The molecule has 5 nitrogen and oxygen atoms in total. The molecule has 1 fully saturated rings. The smallest absolute Gasteiger partial charge is 0.239 e. The van der Waals surface area contributed by atoms with Gasteiger partial charge in [0.15, 0.2) is 0 Å². The van der Waals surface area contributed by atoms with Gasteiger partial charge in [-0.3, -0.25) is 0 Å². The lowest BCUT2D eigenvalue weighted by Gasteiger charge is -2.34. The number of ether oxygens (including phenoxy) is 1. The molecule has 0 aromatic carbocycles. The molecule has 1 aromatic rings. The number of nitrogens with two attached hydrogens (primary N) is 1. The fourth-order valence-electron chi connectivity index (χ4n) is 2.30. The molecule has 0 saturated heterocycles. The second-order valence-corrected chi connectivity index (χ2v) is 5.60. The van der Waals surface area contributed by atoms with Gasteiger partial charge in [-0.15, -0.1) is 0 Å². The van der Waals surface area contributed by atoms with Gasteiger partial charge in [-0.05, 0) is 44.7 Å². The van der Waals surface area contributed by atoms with Gasteiger partial charge in [0.1, 0.15) is 5.82 Å². The van der Waals surface area contributed by atoms with Crippen LogP contribution in [-0.4, -0.2) is 35.9 Å². The Hall–Kier alpha value is -1.49. The number of aliphatic hydroxyl groups is 1. The third kappa shape index (κ3) is 3.50. The molecule has 0 aliphatic heterocycles. The molecule has 0 amide bonds. The maximum Gasteiger partial charge on any atom is 0.239 e. The van der Waals surface area contributed by atoms with E-state index >= 15 is 0 Å². The lowest BCUT2D eigenvalue weighted by atomic mass is 9.82. The van der Waals surface area contributed by atoms with Crippen molar-refractivity contribution in [3.05, 3.63) is 12.1 Å². The average molecular weight is 265 g/mol. The van der Waals surface area contributed by atoms with Crippen LogP contribution >= 0.6 is 0 Å². The number of aliphatic hydroxyl groups excluding tert-OH is 1. The molecule has 3 N–H and O–H groups in total. The van der Waals surface area contributed by atoms with Gasteiger partial charge in [-0.2, -0.15) is 4.98 Å². The molecule has 0 unspecified atom stereocenters. The highest BCUT2D eigenvalue weighted by atomic mass is 16.5. The standard InChI is InChI=1S/C14H23N3O2/c1-9(2)19-14-12(15)4-5-13(16-14)17(3)8-10-6-11(18)7-10/h4-5,9-11,18H,6-8,15H2,1-3H3. The van der Waals surface area contributed by atoms with Gasteiger partial charge < -0.3 is 20.5 Å². The molecule has 0 atom stereocenters. The van der Waals surface area contributed by atoms with Crippen LogP contribution in [0.5, 0.6) is 5.88 Å². The zero-order valence-electron chi connectivity index (χ0n) is 11.8. The van der Waals surface area contributed by atoms with E-state index < -0.39 is 0 Å². The zero-order valence-corrected chi connectivity index (χ0v) is 11.8. The zero-order chi connectivity index (χ0) is 14.0. The molecule has 1 aromatic heterocycles. The van der Waals surface area contributed by atoms with E-state index in [4.69, 9.17) is 10.5 Å². The maximum absolute atomic E-state index is 9.31. The lowest BCUT2D eigenvalue weighted by Crippen LogP contribution is -2.37. The molecule has 1 heterocycles. The van der Waals surface area contributed by atoms with E-state index in [2.05, 4.69) is 9.88 Å². The Balaban J connectivity index is 2.02. The second-order valence-electron chi connectivity index (χ2n) is 5.60. The molecule has 1 aliphatic carbocycles. The van der Waals surface area contributed by atoms with Crippen molar-refractivity contribution in [2.24, 2.45) is 5.92 Å². The summed E-state index contributed by atoms with van der Waals surface area (Å²) in [5, 5.41) is 9.31. The molecule has 0 bridgehead atoms. The third-order valence-corrected chi connectivity index (χ3v) is 3.36. The van der Waals surface area contributed by atoms with Crippen molar-refractivity contribution >= 4 is 11.5 Å². The molecule has 5 heteroatoms. The first-order valence-corrected chi connectivity index (χ1v) is 6.78. The molecular formula is C14H23N3O2. The van der Waals surface area contributed by atoms with Crippen LogP contribution in [-0.2, 0) is 0 Å². The molecule has 1 aliphatic rings. The van der Waals surface area contributed by atoms with Crippen LogP contribution in [0.3, 0.4) is 0 Å². The predicted octanol–water partition coefficient (Wildman–Crippen LogP) is 1.66. The van der Waals surface area contributed by atoms with Crippen molar-refractivity contribution in [1.82, 2.24) is 4.98 Å². The van der Waals surface area contributed by atoms with E-state index in [0.717, 1.165) is 25.2 Å². The number of nitrogens with zero attached hydrogens (tertiary/aromatic N) is 2. The number of rotatable bonds is 5. The highest BCUT2D eigenvalue weighted by Gasteiger charge is 2.28. The fourth-order valence-corrected chi connectivity index (χ4v) is 2.30. The molecule has 2 rings (SSSR count). The number of pyridine rings is 1. The van der Waals surface area contributed by atoms with E-state index in [0.29, 0.717) is 17.5 Å². The van der Waals surface area contributed by atoms with Crippen molar-refractivity contribution in [2.75, 3.05) is 24.2 Å². The van der Waals surface area contributed by atoms with E-state index in [1.165, 1.54) is 0 Å². The van der Waals surface area contributed by atoms with Gasteiger partial charge in [0.25, 0.3) is 0 Å². The van der Waals surface area contributed by atoms with Crippen molar-refractivity contribution in [1.29, 1.82) is 0 Å². The van der Waals surface area contributed by atoms with Crippen LogP contribution in [0.2, 0.25) is 0 Å². The quantitative estimate of drug-likeness (QED) is 0.847. The van der Waals surface area contributed by atoms with Crippen molar-refractivity contribution in [2.45, 2.75) is 38.9 Å². The lowest BCUT2D eigenvalue weighted by molar-refractivity contribution is 0.0464. The monoisotopic (exact) mass is 265 g/mol. The maximum atomic E-state index is 9.31. The summed E-state index contributed by atoms with van der Waals surface area (Å²) in [5.74, 6) is 1.90. The Morgan fingerprint density at radius 3 is 2.74 bits per heavy atom. The number of hydrogen-bond acceptors (Lipinski definition) is 5. The van der Waals surface area contributed by atoms with E-state index in [1.54, 1.807) is 0 Å². The van der Waals surface area contributed by atoms with Gasteiger partial charge >= 0.3 is 0 Å². The summed E-state index contributed by atoms with van der Waals surface area (Å²) in [4.78, 5) is 6.55. The molecule has 19 heavy (non-hydrogen) atoms. The van der Waals surface area contributed by atoms with E-state index in [1.807, 2.05) is 33.0 Å². The van der Waals surface area contributed by atoms with Crippen LogP contribution in [0, 0.1) is 5.92 Å². The summed E-state index contributed by atoms with van der Waals surface area (Å²) >= 11 is 0. The largest absolute Gasteiger partial charge is 0.473 e. The van der Waals surface area contributed by atoms with Crippen LogP contribution in [0.25, 0.3) is 0 Å². The highest BCUT2D eigenvalue weighted by molar-refractivity contribution is 5.54. The Morgan fingerprint density at radius 2 is 2.16 bits per heavy atom. The Morgan fingerprint density at radius 1 is 1.47 bits per heavy atom. The third-order valence-electron chi connectivity index (χ3n) is 3.36. The number of hydrogen-bond donors (Lipinski definition) is 2. The summed E-state index contributed by atoms with van der Waals surface area (Å²) < 4.78 is 5.60. The second kappa shape index (κ2) is 5.65. The summed E-state index contributed by atoms with van der Waals surface area (Å²) in [6, 6.07) is 3.73. The summed E-state index contributed by atoms with van der Waals surface area (Å²) in [5.41, 5.74) is 6.42. The minimum absolute atomic E-state index is 0.0529. The number of anilines is 2. The van der Waals surface area contributed by atoms with Crippen LogP contribution in [0.4, 0.5) is 11.5 Å². The van der Waals surface area contributed by atoms with Gasteiger partial charge in [0, 0.05) is 13.6 Å². The van der Waals surface area contributed by atoms with Gasteiger partial charge in [-0.25, -0.2) is 0 Å². The summed E-state index contributed by atoms with van der Waals surface area (Å²) in [7, 11) is 2.00. The molecule has 0 radical (unpaired) electrons. The van der Waals surface area contributed by atoms with Gasteiger partial charge in [-0.1, -0.05) is 0 Å². The summed E-state index contributed by atoms with van der Waals surface area (Å²) in [6.45, 7) is 4.80. The first-order chi connectivity index (χ1) is 8.95. The first kappa shape index (κ1) is 13.9. The minimum Gasteiger partial charge on any atom is -0.473 e. The molecule has 106 valence electrons.